The van der Waals surface area contributed by atoms with E-state index in [1.807, 2.05) is 38.1 Å². The molecule has 0 saturated heterocycles. The highest BCUT2D eigenvalue weighted by Crippen LogP contribution is 2.36. The van der Waals surface area contributed by atoms with Crippen LogP contribution in [-0.2, 0) is 14.3 Å². The van der Waals surface area contributed by atoms with Crippen molar-refractivity contribution in [3.63, 3.8) is 0 Å². The number of amides is 3. The van der Waals surface area contributed by atoms with Gasteiger partial charge < -0.3 is 25.0 Å². The highest BCUT2D eigenvalue weighted by atomic mass is 16.7. The lowest BCUT2D eigenvalue weighted by molar-refractivity contribution is -0.135. The van der Waals surface area contributed by atoms with Gasteiger partial charge in [0.2, 0.25) is 0 Å². The van der Waals surface area contributed by atoms with E-state index < -0.39 is 12.3 Å². The van der Waals surface area contributed by atoms with Gasteiger partial charge in [-0.15, -0.1) is 0 Å². The molecular weight excluding hydrogens is 358 g/mol. The number of nitrogens with zero attached hydrogens (tertiary/aromatic N) is 1. The first-order valence-electron chi connectivity index (χ1n) is 10.3. The fraction of sp³-hybridized carbons (Fsp3) is 0.619. The van der Waals surface area contributed by atoms with Crippen LogP contribution in [0.3, 0.4) is 0 Å². The Morgan fingerprint density at radius 3 is 2.46 bits per heavy atom. The van der Waals surface area contributed by atoms with Crippen molar-refractivity contribution in [2.45, 2.75) is 64.3 Å². The Hall–Kier alpha value is -2.12. The van der Waals surface area contributed by atoms with Crippen molar-refractivity contribution in [1.29, 1.82) is 0 Å². The third-order valence-electron chi connectivity index (χ3n) is 5.30. The average molecular weight is 389 g/mol. The van der Waals surface area contributed by atoms with Crippen LogP contribution in [0.4, 0.5) is 10.5 Å². The van der Waals surface area contributed by atoms with Crippen molar-refractivity contribution in [2.24, 2.45) is 0 Å². The topological polar surface area (TPSA) is 79.9 Å². The summed E-state index contributed by atoms with van der Waals surface area (Å²) in [6.45, 7) is 5.08. The minimum atomic E-state index is -0.691. The largest absolute Gasteiger partial charge is 0.351 e. The second kappa shape index (κ2) is 9.89. The number of rotatable bonds is 8. The van der Waals surface area contributed by atoms with Crippen LogP contribution in [-0.4, -0.2) is 44.0 Å². The fourth-order valence-electron chi connectivity index (χ4n) is 3.99. The van der Waals surface area contributed by atoms with Crippen molar-refractivity contribution in [2.75, 3.05) is 24.7 Å². The molecule has 7 heteroatoms. The van der Waals surface area contributed by atoms with Gasteiger partial charge in [-0.05, 0) is 32.8 Å². The van der Waals surface area contributed by atoms with E-state index in [-0.39, 0.29) is 18.0 Å². The molecule has 1 heterocycles. The van der Waals surface area contributed by atoms with E-state index in [4.69, 9.17) is 9.47 Å². The molecule has 7 nitrogen and oxygen atoms in total. The van der Waals surface area contributed by atoms with Crippen LogP contribution in [0.15, 0.2) is 24.3 Å². The second-order valence-electron chi connectivity index (χ2n) is 7.23. The molecule has 0 spiro atoms. The summed E-state index contributed by atoms with van der Waals surface area (Å²) in [6.07, 6.45) is 5.00. The van der Waals surface area contributed by atoms with E-state index >= 15 is 0 Å². The first-order valence-corrected chi connectivity index (χ1v) is 10.3. The zero-order chi connectivity index (χ0) is 19.9. The van der Waals surface area contributed by atoms with E-state index in [9.17, 15) is 9.59 Å². The maximum absolute atomic E-state index is 13.1. The third-order valence-corrected chi connectivity index (χ3v) is 5.30. The lowest BCUT2D eigenvalue weighted by atomic mass is 9.96. The maximum atomic E-state index is 13.1. The Morgan fingerprint density at radius 1 is 1.11 bits per heavy atom. The number of anilines is 1. The molecule has 1 aliphatic carbocycles. The molecule has 154 valence electrons. The molecule has 0 aromatic heterocycles. The van der Waals surface area contributed by atoms with Gasteiger partial charge in [-0.3, -0.25) is 4.79 Å². The molecule has 1 unspecified atom stereocenters. The Kier molecular flexibility index (Phi) is 7.28. The summed E-state index contributed by atoms with van der Waals surface area (Å²) in [4.78, 5) is 27.3. The minimum Gasteiger partial charge on any atom is -0.351 e. The van der Waals surface area contributed by atoms with E-state index in [0.29, 0.717) is 19.8 Å². The smallest absolute Gasteiger partial charge is 0.315 e. The van der Waals surface area contributed by atoms with Crippen molar-refractivity contribution in [1.82, 2.24) is 10.6 Å². The SMILES string of the molecule is CCOC(CN1C(=O)C(NC(=O)NC2CCCCC2)c2ccccc21)OCC. The van der Waals surface area contributed by atoms with E-state index in [1.165, 1.54) is 6.42 Å². The maximum Gasteiger partial charge on any atom is 0.315 e. The summed E-state index contributed by atoms with van der Waals surface area (Å²) in [5.74, 6) is -0.163. The van der Waals surface area contributed by atoms with Gasteiger partial charge in [-0.25, -0.2) is 4.79 Å². The van der Waals surface area contributed by atoms with E-state index in [1.54, 1.807) is 4.90 Å². The van der Waals surface area contributed by atoms with E-state index in [0.717, 1.165) is 36.9 Å². The number of hydrogen-bond donors (Lipinski definition) is 2. The van der Waals surface area contributed by atoms with Gasteiger partial charge in [-0.1, -0.05) is 37.5 Å². The molecule has 1 saturated carbocycles. The molecule has 3 amide bonds. The van der Waals surface area contributed by atoms with Crippen LogP contribution in [0, 0.1) is 0 Å². The number of fused-ring (bicyclic) bond motifs is 1. The van der Waals surface area contributed by atoms with Gasteiger partial charge in [0.1, 0.15) is 6.04 Å². The Bertz CT molecular complexity index is 669. The number of hydrogen-bond acceptors (Lipinski definition) is 4. The first-order chi connectivity index (χ1) is 13.6. The lowest BCUT2D eigenvalue weighted by Gasteiger charge is -2.25. The zero-order valence-electron chi connectivity index (χ0n) is 16.8. The number of carbonyl (C=O) groups is 2. The number of para-hydroxylation sites is 1. The summed E-state index contributed by atoms with van der Waals surface area (Å²) >= 11 is 0. The van der Waals surface area contributed by atoms with Gasteiger partial charge in [0.05, 0.1) is 6.54 Å². The van der Waals surface area contributed by atoms with Crippen molar-refractivity contribution in [3.8, 4) is 0 Å². The minimum absolute atomic E-state index is 0.163. The van der Waals surface area contributed by atoms with Crippen LogP contribution in [0.5, 0.6) is 0 Å². The Balaban J connectivity index is 1.70. The second-order valence-corrected chi connectivity index (χ2v) is 7.23. The molecule has 2 N–H and O–H groups in total. The Morgan fingerprint density at radius 2 is 1.79 bits per heavy atom. The number of carbonyl (C=O) groups excluding carboxylic acids is 2. The number of ether oxygens (including phenoxy) is 2. The molecule has 3 rings (SSSR count). The normalized spacial score (nSPS) is 19.8. The third kappa shape index (κ3) is 4.83. The molecule has 28 heavy (non-hydrogen) atoms. The highest BCUT2D eigenvalue weighted by Gasteiger charge is 2.39. The van der Waals surface area contributed by atoms with Gasteiger partial charge in [0.15, 0.2) is 6.29 Å². The summed E-state index contributed by atoms with van der Waals surface area (Å²) in [7, 11) is 0. The molecular formula is C21H31N3O4. The fourth-order valence-corrected chi connectivity index (χ4v) is 3.99. The van der Waals surface area contributed by atoms with Gasteiger partial charge in [0.25, 0.3) is 5.91 Å². The summed E-state index contributed by atoms with van der Waals surface area (Å²) in [5, 5.41) is 5.90. The molecule has 0 bridgehead atoms. The lowest BCUT2D eigenvalue weighted by Crippen LogP contribution is -2.47. The van der Waals surface area contributed by atoms with Gasteiger partial charge >= 0.3 is 6.03 Å². The molecule has 1 atom stereocenters. The Labute approximate surface area is 166 Å². The van der Waals surface area contributed by atoms with Crippen molar-refractivity contribution >= 4 is 17.6 Å². The number of nitrogens with one attached hydrogen (secondary N) is 2. The standard InChI is InChI=1S/C21H31N3O4/c1-3-27-18(28-4-2)14-24-17-13-9-8-12-16(17)19(20(24)25)23-21(26)22-15-10-6-5-7-11-15/h8-9,12-13,15,18-19H,3-7,10-11,14H2,1-2H3,(H2,22,23,26). The zero-order valence-corrected chi connectivity index (χ0v) is 16.8. The molecule has 1 aromatic rings. The summed E-state index contributed by atoms with van der Waals surface area (Å²) in [5.41, 5.74) is 1.60. The average Bonchev–Trinajstić information content (AvgIpc) is 2.95. The van der Waals surface area contributed by atoms with E-state index in [2.05, 4.69) is 10.6 Å². The molecule has 1 fully saturated rings. The predicted molar refractivity (Wildman–Crippen MR) is 107 cm³/mol. The number of urea groups is 1. The van der Waals surface area contributed by atoms with Crippen molar-refractivity contribution < 1.29 is 19.1 Å². The van der Waals surface area contributed by atoms with Crippen LogP contribution in [0.25, 0.3) is 0 Å². The molecule has 1 aliphatic heterocycles. The molecule has 1 aromatic carbocycles. The highest BCUT2D eigenvalue weighted by molar-refractivity contribution is 6.06. The van der Waals surface area contributed by atoms with Crippen LogP contribution in [0.1, 0.15) is 57.6 Å². The van der Waals surface area contributed by atoms with Crippen LogP contribution >= 0.6 is 0 Å². The summed E-state index contributed by atoms with van der Waals surface area (Å²) in [6, 6.07) is 6.76. The van der Waals surface area contributed by atoms with Crippen LogP contribution in [0.2, 0.25) is 0 Å². The molecule has 2 aliphatic rings. The quantitative estimate of drug-likeness (QED) is 0.670. The molecule has 0 radical (unpaired) electrons. The van der Waals surface area contributed by atoms with Crippen LogP contribution < -0.4 is 15.5 Å². The van der Waals surface area contributed by atoms with Gasteiger partial charge in [-0.2, -0.15) is 0 Å². The summed E-state index contributed by atoms with van der Waals surface area (Å²) < 4.78 is 11.2. The predicted octanol–water partition coefficient (Wildman–Crippen LogP) is 3.11. The monoisotopic (exact) mass is 389 g/mol. The first kappa shape index (κ1) is 20.6. The number of benzene rings is 1. The van der Waals surface area contributed by atoms with Gasteiger partial charge in [0, 0.05) is 30.5 Å². The van der Waals surface area contributed by atoms with Crippen molar-refractivity contribution in [3.05, 3.63) is 29.8 Å².